The smallest absolute Gasteiger partial charge is 0.117 e. The summed E-state index contributed by atoms with van der Waals surface area (Å²) in [5.74, 6) is 1.27. The van der Waals surface area contributed by atoms with Crippen LogP contribution in [0.2, 0.25) is 0 Å². The highest BCUT2D eigenvalue weighted by atomic mass is 16.3. The fourth-order valence-electron chi connectivity index (χ4n) is 2.55. The lowest BCUT2D eigenvalue weighted by Crippen LogP contribution is -2.25. The van der Waals surface area contributed by atoms with Crippen LogP contribution in [0.15, 0.2) is 24.3 Å². The summed E-state index contributed by atoms with van der Waals surface area (Å²) in [7, 11) is 0. The zero-order valence-electron chi connectivity index (χ0n) is 9.95. The number of phenolic OH excluding ortho intramolecular Hbond substituents is 1. The van der Waals surface area contributed by atoms with E-state index in [9.17, 15) is 5.11 Å². The summed E-state index contributed by atoms with van der Waals surface area (Å²) in [5, 5.41) is 12.9. The first-order valence-electron chi connectivity index (χ1n) is 6.33. The highest BCUT2D eigenvalue weighted by molar-refractivity contribution is 5.48. The van der Waals surface area contributed by atoms with Gasteiger partial charge in [-0.3, -0.25) is 0 Å². The summed E-state index contributed by atoms with van der Waals surface area (Å²) in [6.45, 7) is 2.29. The van der Waals surface area contributed by atoms with E-state index in [0.29, 0.717) is 11.8 Å². The van der Waals surface area contributed by atoms with Crippen molar-refractivity contribution in [2.24, 2.45) is 5.92 Å². The minimum atomic E-state index is 0.340. The van der Waals surface area contributed by atoms with Crippen molar-refractivity contribution in [3.05, 3.63) is 24.3 Å². The molecule has 1 aromatic rings. The molecule has 0 radical (unpaired) electrons. The van der Waals surface area contributed by atoms with Crippen molar-refractivity contribution in [2.45, 2.75) is 45.1 Å². The summed E-state index contributed by atoms with van der Waals surface area (Å²) >= 11 is 0. The highest BCUT2D eigenvalue weighted by Gasteiger charge is 2.19. The van der Waals surface area contributed by atoms with Crippen LogP contribution < -0.4 is 5.32 Å². The van der Waals surface area contributed by atoms with Crippen molar-refractivity contribution in [3.63, 3.8) is 0 Å². The SMILES string of the molecule is CCC1CCC(Nc2cccc(O)c2)CC1. The first kappa shape index (κ1) is 11.3. The molecule has 0 aromatic heterocycles. The minimum Gasteiger partial charge on any atom is -0.508 e. The molecule has 88 valence electrons. The Morgan fingerprint density at radius 2 is 2.00 bits per heavy atom. The predicted octanol–water partition coefficient (Wildman–Crippen LogP) is 3.77. The summed E-state index contributed by atoms with van der Waals surface area (Å²) < 4.78 is 0. The Kier molecular flexibility index (Phi) is 3.70. The van der Waals surface area contributed by atoms with Crippen LogP contribution in [0.4, 0.5) is 5.69 Å². The zero-order valence-corrected chi connectivity index (χ0v) is 9.95. The number of phenols is 1. The van der Waals surface area contributed by atoms with Gasteiger partial charge in [0, 0.05) is 17.8 Å². The summed E-state index contributed by atoms with van der Waals surface area (Å²) in [5.41, 5.74) is 1.04. The fourth-order valence-corrected chi connectivity index (χ4v) is 2.55. The Hall–Kier alpha value is -1.18. The molecule has 2 nitrogen and oxygen atoms in total. The molecule has 0 atom stereocenters. The second-order valence-corrected chi connectivity index (χ2v) is 4.82. The topological polar surface area (TPSA) is 32.3 Å². The van der Waals surface area contributed by atoms with E-state index in [-0.39, 0.29) is 0 Å². The summed E-state index contributed by atoms with van der Waals surface area (Å²) in [6, 6.07) is 8.00. The quantitative estimate of drug-likeness (QED) is 0.811. The maximum atomic E-state index is 9.38. The normalized spacial score (nSPS) is 25.3. The van der Waals surface area contributed by atoms with E-state index in [4.69, 9.17) is 0 Å². The van der Waals surface area contributed by atoms with Gasteiger partial charge in [-0.1, -0.05) is 19.4 Å². The van der Waals surface area contributed by atoms with Gasteiger partial charge in [0.2, 0.25) is 0 Å². The molecule has 1 aliphatic rings. The first-order chi connectivity index (χ1) is 7.78. The van der Waals surface area contributed by atoms with E-state index < -0.39 is 0 Å². The van der Waals surface area contributed by atoms with Gasteiger partial charge in [0.15, 0.2) is 0 Å². The van der Waals surface area contributed by atoms with Gasteiger partial charge in [0.05, 0.1) is 0 Å². The lowest BCUT2D eigenvalue weighted by atomic mass is 9.84. The third-order valence-corrected chi connectivity index (χ3v) is 3.64. The van der Waals surface area contributed by atoms with Crippen molar-refractivity contribution in [1.82, 2.24) is 0 Å². The van der Waals surface area contributed by atoms with Crippen molar-refractivity contribution < 1.29 is 5.11 Å². The van der Waals surface area contributed by atoms with Gasteiger partial charge in [-0.25, -0.2) is 0 Å². The minimum absolute atomic E-state index is 0.340. The number of rotatable bonds is 3. The van der Waals surface area contributed by atoms with Crippen LogP contribution in [0.5, 0.6) is 5.75 Å². The molecule has 0 aliphatic heterocycles. The highest BCUT2D eigenvalue weighted by Crippen LogP contribution is 2.28. The molecular weight excluding hydrogens is 198 g/mol. The summed E-state index contributed by atoms with van der Waals surface area (Å²) in [6.07, 6.45) is 6.52. The third-order valence-electron chi connectivity index (χ3n) is 3.64. The van der Waals surface area contributed by atoms with Crippen molar-refractivity contribution in [2.75, 3.05) is 5.32 Å². The van der Waals surface area contributed by atoms with E-state index in [0.717, 1.165) is 11.6 Å². The average Bonchev–Trinajstić information content (AvgIpc) is 2.30. The lowest BCUT2D eigenvalue weighted by molar-refractivity contribution is 0.330. The molecule has 1 aliphatic carbocycles. The van der Waals surface area contributed by atoms with Crippen LogP contribution in [0.25, 0.3) is 0 Å². The molecule has 2 rings (SSSR count). The predicted molar refractivity (Wildman–Crippen MR) is 67.8 cm³/mol. The van der Waals surface area contributed by atoms with E-state index in [1.165, 1.54) is 32.1 Å². The number of aromatic hydroxyl groups is 1. The number of hydrogen-bond acceptors (Lipinski definition) is 2. The van der Waals surface area contributed by atoms with Crippen LogP contribution in [-0.2, 0) is 0 Å². The van der Waals surface area contributed by atoms with E-state index in [1.807, 2.05) is 12.1 Å². The molecule has 0 heterocycles. The monoisotopic (exact) mass is 219 g/mol. The van der Waals surface area contributed by atoms with Gasteiger partial charge >= 0.3 is 0 Å². The zero-order chi connectivity index (χ0) is 11.4. The van der Waals surface area contributed by atoms with E-state index in [1.54, 1.807) is 12.1 Å². The largest absolute Gasteiger partial charge is 0.508 e. The number of anilines is 1. The fraction of sp³-hybridized carbons (Fsp3) is 0.571. The molecular formula is C14H21NO. The van der Waals surface area contributed by atoms with Crippen LogP contribution in [-0.4, -0.2) is 11.1 Å². The van der Waals surface area contributed by atoms with E-state index >= 15 is 0 Å². The Morgan fingerprint density at radius 1 is 1.25 bits per heavy atom. The number of benzene rings is 1. The molecule has 0 spiro atoms. The third kappa shape index (κ3) is 2.91. The van der Waals surface area contributed by atoms with Crippen molar-refractivity contribution in [3.8, 4) is 5.75 Å². The molecule has 1 aromatic carbocycles. The second-order valence-electron chi connectivity index (χ2n) is 4.82. The molecule has 2 heteroatoms. The van der Waals surface area contributed by atoms with Crippen LogP contribution in [0.3, 0.4) is 0 Å². The van der Waals surface area contributed by atoms with Crippen molar-refractivity contribution in [1.29, 1.82) is 0 Å². The Bertz CT molecular complexity index is 329. The van der Waals surface area contributed by atoms with Gasteiger partial charge in [-0.2, -0.15) is 0 Å². The van der Waals surface area contributed by atoms with Gasteiger partial charge in [0.1, 0.15) is 5.75 Å². The molecule has 2 N–H and O–H groups in total. The molecule has 1 saturated carbocycles. The molecule has 16 heavy (non-hydrogen) atoms. The standard InChI is InChI=1S/C14H21NO/c1-2-11-6-8-12(9-7-11)15-13-4-3-5-14(16)10-13/h3-5,10-12,15-16H,2,6-9H2,1H3. The molecule has 0 unspecified atom stereocenters. The summed E-state index contributed by atoms with van der Waals surface area (Å²) in [4.78, 5) is 0. The average molecular weight is 219 g/mol. The van der Waals surface area contributed by atoms with Gasteiger partial charge in [-0.05, 0) is 43.7 Å². The number of nitrogens with one attached hydrogen (secondary N) is 1. The van der Waals surface area contributed by atoms with Crippen LogP contribution in [0.1, 0.15) is 39.0 Å². The Morgan fingerprint density at radius 3 is 2.62 bits per heavy atom. The molecule has 0 bridgehead atoms. The first-order valence-corrected chi connectivity index (χ1v) is 6.33. The van der Waals surface area contributed by atoms with Crippen LogP contribution in [0, 0.1) is 5.92 Å². The second kappa shape index (κ2) is 5.24. The molecule has 0 amide bonds. The maximum Gasteiger partial charge on any atom is 0.117 e. The Balaban J connectivity index is 1.87. The van der Waals surface area contributed by atoms with Crippen molar-refractivity contribution >= 4 is 5.69 Å². The number of hydrogen-bond donors (Lipinski definition) is 2. The van der Waals surface area contributed by atoms with Gasteiger partial charge in [0.25, 0.3) is 0 Å². The lowest BCUT2D eigenvalue weighted by Gasteiger charge is -2.29. The Labute approximate surface area is 97.7 Å². The van der Waals surface area contributed by atoms with Gasteiger partial charge in [-0.15, -0.1) is 0 Å². The van der Waals surface area contributed by atoms with Crippen LogP contribution >= 0.6 is 0 Å². The van der Waals surface area contributed by atoms with E-state index in [2.05, 4.69) is 12.2 Å². The molecule has 1 fully saturated rings. The van der Waals surface area contributed by atoms with Gasteiger partial charge < -0.3 is 10.4 Å². The molecule has 0 saturated heterocycles. The maximum absolute atomic E-state index is 9.38.